The van der Waals surface area contributed by atoms with E-state index in [0.717, 1.165) is 11.3 Å². The third-order valence-corrected chi connectivity index (χ3v) is 5.66. The standard InChI is InChI=1S/C19H20ClF2N3O3S/c20-16-6-5-15(29-16)18(28)24-11-14(26)10-23-12-1-3-13(4-2-12)25-8-7-19(21,22)9-17(25)27/h1-6,14,23,26H,7-11H2,(H,24,28)/t14-/m1/s1. The minimum atomic E-state index is -2.93. The van der Waals surface area contributed by atoms with Crippen molar-refractivity contribution < 1.29 is 23.5 Å². The SMILES string of the molecule is O=C(NC[C@H](O)CNc1ccc(N2CCC(F)(F)CC2=O)cc1)c1ccc(Cl)s1. The Kier molecular flexibility index (Phi) is 6.71. The molecule has 1 atom stereocenters. The summed E-state index contributed by atoms with van der Waals surface area (Å²) in [7, 11) is 0. The molecule has 29 heavy (non-hydrogen) atoms. The van der Waals surface area contributed by atoms with Crippen molar-refractivity contribution >= 4 is 46.1 Å². The van der Waals surface area contributed by atoms with Gasteiger partial charge in [-0.15, -0.1) is 11.3 Å². The number of amides is 2. The van der Waals surface area contributed by atoms with Gasteiger partial charge in [0.05, 0.1) is 21.7 Å². The lowest BCUT2D eigenvalue weighted by molar-refractivity contribution is -0.129. The first kappa shape index (κ1) is 21.5. The highest BCUT2D eigenvalue weighted by molar-refractivity contribution is 7.17. The molecule has 0 saturated carbocycles. The van der Waals surface area contributed by atoms with E-state index in [1.54, 1.807) is 36.4 Å². The Morgan fingerprint density at radius 3 is 2.59 bits per heavy atom. The van der Waals surface area contributed by atoms with Gasteiger partial charge in [-0.25, -0.2) is 8.78 Å². The second-order valence-electron chi connectivity index (χ2n) is 6.72. The Morgan fingerprint density at radius 1 is 1.24 bits per heavy atom. The zero-order valence-electron chi connectivity index (χ0n) is 15.3. The molecule has 0 bridgehead atoms. The highest BCUT2D eigenvalue weighted by Gasteiger charge is 2.39. The van der Waals surface area contributed by atoms with Gasteiger partial charge >= 0.3 is 0 Å². The number of halogens is 3. The van der Waals surface area contributed by atoms with Crippen LogP contribution in [0, 0.1) is 0 Å². The molecule has 156 valence electrons. The maximum atomic E-state index is 13.3. The number of benzene rings is 1. The van der Waals surface area contributed by atoms with Crippen LogP contribution >= 0.6 is 22.9 Å². The van der Waals surface area contributed by atoms with Crippen LogP contribution in [0.3, 0.4) is 0 Å². The van der Waals surface area contributed by atoms with Gasteiger partial charge in [0.1, 0.15) is 0 Å². The first-order valence-corrected chi connectivity index (χ1v) is 10.2. The number of carbonyl (C=O) groups excluding carboxylic acids is 2. The third-order valence-electron chi connectivity index (χ3n) is 4.43. The van der Waals surface area contributed by atoms with E-state index in [0.29, 0.717) is 20.6 Å². The molecule has 3 N–H and O–H groups in total. The molecule has 1 aliphatic heterocycles. The van der Waals surface area contributed by atoms with Crippen molar-refractivity contribution in [1.82, 2.24) is 5.32 Å². The van der Waals surface area contributed by atoms with E-state index in [1.807, 2.05) is 0 Å². The highest BCUT2D eigenvalue weighted by Crippen LogP contribution is 2.31. The maximum Gasteiger partial charge on any atom is 0.261 e. The van der Waals surface area contributed by atoms with Crippen molar-refractivity contribution in [2.45, 2.75) is 24.9 Å². The summed E-state index contributed by atoms with van der Waals surface area (Å²) >= 11 is 6.95. The van der Waals surface area contributed by atoms with Crippen LogP contribution < -0.4 is 15.5 Å². The average Bonchev–Trinajstić information content (AvgIpc) is 3.11. The Morgan fingerprint density at radius 2 is 1.97 bits per heavy atom. The van der Waals surface area contributed by atoms with Gasteiger partial charge in [-0.2, -0.15) is 0 Å². The summed E-state index contributed by atoms with van der Waals surface area (Å²) in [5.41, 5.74) is 1.25. The summed E-state index contributed by atoms with van der Waals surface area (Å²) in [6.45, 7) is 0.238. The molecule has 0 radical (unpaired) electrons. The molecule has 3 rings (SSSR count). The number of rotatable bonds is 7. The predicted molar refractivity (Wildman–Crippen MR) is 109 cm³/mol. The lowest BCUT2D eigenvalue weighted by Gasteiger charge is -2.31. The average molecular weight is 444 g/mol. The predicted octanol–water partition coefficient (Wildman–Crippen LogP) is 3.37. The van der Waals surface area contributed by atoms with Crippen molar-refractivity contribution in [2.24, 2.45) is 0 Å². The van der Waals surface area contributed by atoms with E-state index >= 15 is 0 Å². The van der Waals surface area contributed by atoms with Gasteiger partial charge in [-0.1, -0.05) is 11.6 Å². The van der Waals surface area contributed by atoms with E-state index in [4.69, 9.17) is 11.6 Å². The molecule has 1 aliphatic rings. The number of hydrogen-bond acceptors (Lipinski definition) is 5. The van der Waals surface area contributed by atoms with Gasteiger partial charge in [0.15, 0.2) is 0 Å². The molecule has 0 spiro atoms. The Bertz CT molecular complexity index is 876. The maximum absolute atomic E-state index is 13.3. The summed E-state index contributed by atoms with van der Waals surface area (Å²) in [5, 5.41) is 15.7. The molecule has 1 aromatic carbocycles. The van der Waals surface area contributed by atoms with E-state index in [9.17, 15) is 23.5 Å². The summed E-state index contributed by atoms with van der Waals surface area (Å²) in [6.07, 6.45) is -1.95. The van der Waals surface area contributed by atoms with Gasteiger partial charge in [0.25, 0.3) is 11.8 Å². The summed E-state index contributed by atoms with van der Waals surface area (Å²) < 4.78 is 27.1. The summed E-state index contributed by atoms with van der Waals surface area (Å²) in [6, 6.07) is 9.98. The number of aliphatic hydroxyl groups excluding tert-OH is 1. The molecular weight excluding hydrogens is 424 g/mol. The van der Waals surface area contributed by atoms with Crippen LogP contribution in [0.5, 0.6) is 0 Å². The molecule has 2 amide bonds. The lowest BCUT2D eigenvalue weighted by Crippen LogP contribution is -2.43. The molecule has 6 nitrogen and oxygen atoms in total. The number of piperidine rings is 1. The highest BCUT2D eigenvalue weighted by atomic mass is 35.5. The van der Waals surface area contributed by atoms with Crippen LogP contribution in [0.15, 0.2) is 36.4 Å². The number of nitrogens with one attached hydrogen (secondary N) is 2. The topological polar surface area (TPSA) is 81.7 Å². The fourth-order valence-electron chi connectivity index (χ4n) is 2.88. The monoisotopic (exact) mass is 443 g/mol. The number of nitrogens with zero attached hydrogens (tertiary/aromatic N) is 1. The molecule has 1 saturated heterocycles. The van der Waals surface area contributed by atoms with E-state index < -0.39 is 24.4 Å². The number of alkyl halides is 2. The van der Waals surface area contributed by atoms with Crippen LogP contribution in [0.2, 0.25) is 4.34 Å². The van der Waals surface area contributed by atoms with Gasteiger partial charge in [-0.3, -0.25) is 9.59 Å². The molecular formula is C19H20ClF2N3O3S. The van der Waals surface area contributed by atoms with Crippen molar-refractivity contribution in [2.75, 3.05) is 29.9 Å². The molecule has 0 aliphatic carbocycles. The zero-order valence-corrected chi connectivity index (χ0v) is 16.9. The van der Waals surface area contributed by atoms with Crippen LogP contribution in [-0.2, 0) is 4.79 Å². The van der Waals surface area contributed by atoms with Gasteiger partial charge < -0.3 is 20.6 Å². The van der Waals surface area contributed by atoms with Gasteiger partial charge in [-0.05, 0) is 36.4 Å². The second kappa shape index (κ2) is 9.06. The molecule has 0 unspecified atom stereocenters. The zero-order chi connectivity index (χ0) is 21.0. The minimum Gasteiger partial charge on any atom is -0.389 e. The number of hydrogen-bond donors (Lipinski definition) is 3. The summed E-state index contributed by atoms with van der Waals surface area (Å²) in [4.78, 5) is 25.6. The van der Waals surface area contributed by atoms with Crippen molar-refractivity contribution in [3.63, 3.8) is 0 Å². The second-order valence-corrected chi connectivity index (χ2v) is 8.44. The number of anilines is 2. The van der Waals surface area contributed by atoms with Gasteiger partial charge in [0.2, 0.25) is 5.91 Å². The van der Waals surface area contributed by atoms with Gasteiger partial charge in [0, 0.05) is 37.4 Å². The largest absolute Gasteiger partial charge is 0.389 e. The lowest BCUT2D eigenvalue weighted by atomic mass is 10.1. The fourth-order valence-corrected chi connectivity index (χ4v) is 3.84. The van der Waals surface area contributed by atoms with Crippen molar-refractivity contribution in [3.8, 4) is 0 Å². The smallest absolute Gasteiger partial charge is 0.261 e. The molecule has 1 fully saturated rings. The third kappa shape index (κ3) is 5.88. The van der Waals surface area contributed by atoms with Crippen LogP contribution in [0.4, 0.5) is 20.2 Å². The first-order valence-electron chi connectivity index (χ1n) is 8.97. The number of thiophene rings is 1. The van der Waals surface area contributed by atoms with E-state index in [-0.39, 0.29) is 32.0 Å². The molecule has 2 aromatic rings. The fraction of sp³-hybridized carbons (Fsp3) is 0.368. The first-order chi connectivity index (χ1) is 13.7. The van der Waals surface area contributed by atoms with E-state index in [2.05, 4.69) is 10.6 Å². The number of carbonyl (C=O) groups is 2. The van der Waals surface area contributed by atoms with Crippen molar-refractivity contribution in [3.05, 3.63) is 45.6 Å². The van der Waals surface area contributed by atoms with Crippen LogP contribution in [-0.4, -0.2) is 48.6 Å². The minimum absolute atomic E-state index is 0.0214. The quantitative estimate of drug-likeness (QED) is 0.613. The molecule has 2 heterocycles. The normalized spacial score (nSPS) is 17.1. The molecule has 10 heteroatoms. The van der Waals surface area contributed by atoms with Crippen LogP contribution in [0.25, 0.3) is 0 Å². The Labute approximate surface area is 175 Å². The summed E-state index contributed by atoms with van der Waals surface area (Å²) in [5.74, 6) is -3.83. The molecule has 1 aromatic heterocycles. The number of aliphatic hydroxyl groups is 1. The van der Waals surface area contributed by atoms with Crippen molar-refractivity contribution in [1.29, 1.82) is 0 Å². The van der Waals surface area contributed by atoms with Crippen LogP contribution in [0.1, 0.15) is 22.5 Å². The Balaban J connectivity index is 1.45. The Hall–Kier alpha value is -2.23. The van der Waals surface area contributed by atoms with E-state index in [1.165, 1.54) is 4.90 Å².